The normalized spacial score (nSPS) is 10.4. The minimum atomic E-state index is 0.413. The summed E-state index contributed by atoms with van der Waals surface area (Å²) in [6.07, 6.45) is 0. The zero-order chi connectivity index (χ0) is 11.5. The van der Waals surface area contributed by atoms with Crippen molar-refractivity contribution >= 4 is 27.4 Å². The number of hydrogen-bond donors (Lipinski definition) is 1. The van der Waals surface area contributed by atoms with Gasteiger partial charge in [0.1, 0.15) is 0 Å². The van der Waals surface area contributed by atoms with Crippen LogP contribution in [0.3, 0.4) is 0 Å². The second-order valence-electron chi connectivity index (χ2n) is 3.53. The van der Waals surface area contributed by atoms with Gasteiger partial charge in [0, 0.05) is 17.6 Å². The molecule has 1 heterocycles. The van der Waals surface area contributed by atoms with E-state index in [1.165, 1.54) is 0 Å². The molecule has 2 aromatic rings. The Bertz CT molecular complexity index is 484. The van der Waals surface area contributed by atoms with E-state index in [1.54, 1.807) is 6.07 Å². The molecule has 0 atom stereocenters. The van der Waals surface area contributed by atoms with Crippen molar-refractivity contribution in [3.8, 4) is 0 Å². The van der Waals surface area contributed by atoms with Crippen LogP contribution in [-0.4, -0.2) is 12.2 Å². The highest BCUT2D eigenvalue weighted by atomic mass is 79.9. The molecular weight excluding hydrogens is 270 g/mol. The van der Waals surface area contributed by atoms with E-state index >= 15 is 0 Å². The highest BCUT2D eigenvalue weighted by Gasteiger charge is 2.08. The van der Waals surface area contributed by atoms with E-state index < -0.39 is 0 Å². The second kappa shape index (κ2) is 4.57. The van der Waals surface area contributed by atoms with Gasteiger partial charge >= 0.3 is 0 Å². The molecule has 2 rings (SSSR count). The number of aromatic nitrogens is 1. The lowest BCUT2D eigenvalue weighted by Gasteiger charge is -2.18. The molecule has 16 heavy (non-hydrogen) atoms. The summed E-state index contributed by atoms with van der Waals surface area (Å²) in [6.45, 7) is 0.632. The van der Waals surface area contributed by atoms with Gasteiger partial charge in [-0.2, -0.15) is 0 Å². The number of rotatable bonds is 3. The molecule has 1 aromatic carbocycles. The number of halogens is 1. The molecule has 4 nitrogen and oxygen atoms in total. The molecule has 0 spiro atoms. The fraction of sp³-hybridized carbons (Fsp3) is 0.182. The summed E-state index contributed by atoms with van der Waals surface area (Å²) in [5.41, 5.74) is 6.59. The van der Waals surface area contributed by atoms with Gasteiger partial charge in [-0.3, -0.25) is 0 Å². The van der Waals surface area contributed by atoms with Crippen molar-refractivity contribution in [1.29, 1.82) is 0 Å². The minimum absolute atomic E-state index is 0.413. The van der Waals surface area contributed by atoms with Gasteiger partial charge in [0.25, 0.3) is 0 Å². The number of para-hydroxylation sites is 1. The molecule has 0 saturated carbocycles. The molecule has 5 heteroatoms. The first kappa shape index (κ1) is 11.0. The largest absolute Gasteiger partial charge is 0.381 e. The molecule has 0 aliphatic carbocycles. The molecule has 1 aromatic heterocycles. The maximum absolute atomic E-state index is 5.49. The second-order valence-corrected chi connectivity index (χ2v) is 4.38. The van der Waals surface area contributed by atoms with Crippen LogP contribution in [-0.2, 0) is 6.54 Å². The molecule has 2 N–H and O–H groups in total. The van der Waals surface area contributed by atoms with Gasteiger partial charge in [-0.15, -0.1) is 0 Å². The van der Waals surface area contributed by atoms with Gasteiger partial charge in [0.05, 0.1) is 12.2 Å². The zero-order valence-corrected chi connectivity index (χ0v) is 10.4. The van der Waals surface area contributed by atoms with Crippen molar-refractivity contribution in [2.75, 3.05) is 17.7 Å². The van der Waals surface area contributed by atoms with E-state index in [-0.39, 0.29) is 0 Å². The number of nitrogen functional groups attached to an aromatic ring is 1. The van der Waals surface area contributed by atoms with Crippen LogP contribution in [0.5, 0.6) is 0 Å². The number of anilines is 2. The molecule has 0 fully saturated rings. The lowest BCUT2D eigenvalue weighted by molar-refractivity contribution is 0.385. The van der Waals surface area contributed by atoms with Gasteiger partial charge in [0.2, 0.25) is 0 Å². The molecule has 0 unspecified atom stereocenters. The molecule has 0 aliphatic heterocycles. The van der Waals surface area contributed by atoms with Gasteiger partial charge in [0.15, 0.2) is 11.6 Å². The first-order valence-corrected chi connectivity index (χ1v) is 5.63. The summed E-state index contributed by atoms with van der Waals surface area (Å²) in [5.74, 6) is 1.16. The van der Waals surface area contributed by atoms with Crippen molar-refractivity contribution < 1.29 is 4.52 Å². The Kier molecular flexibility index (Phi) is 3.14. The number of hydrogen-bond acceptors (Lipinski definition) is 4. The van der Waals surface area contributed by atoms with Crippen LogP contribution in [0, 0.1) is 0 Å². The lowest BCUT2D eigenvalue weighted by atomic mass is 10.3. The van der Waals surface area contributed by atoms with Crippen LogP contribution in [0.25, 0.3) is 0 Å². The van der Waals surface area contributed by atoms with Crippen molar-refractivity contribution in [1.82, 2.24) is 5.16 Å². The Labute approximate surface area is 102 Å². The number of nitrogens with two attached hydrogens (primary N) is 1. The van der Waals surface area contributed by atoms with Crippen molar-refractivity contribution in [3.63, 3.8) is 0 Å². The third-order valence-corrected chi connectivity index (χ3v) is 2.90. The smallest absolute Gasteiger partial charge is 0.167 e. The Morgan fingerprint density at radius 3 is 2.81 bits per heavy atom. The van der Waals surface area contributed by atoms with Crippen LogP contribution in [0.15, 0.2) is 39.3 Å². The molecule has 84 valence electrons. The molecule has 0 amide bonds. The SMILES string of the molecule is CN(Cc1cc(N)no1)c1ccccc1Br. The van der Waals surface area contributed by atoms with E-state index in [0.717, 1.165) is 15.9 Å². The minimum Gasteiger partial charge on any atom is -0.381 e. The fourth-order valence-electron chi connectivity index (χ4n) is 1.48. The molecule has 0 bridgehead atoms. The summed E-state index contributed by atoms with van der Waals surface area (Å²) in [5, 5.41) is 3.65. The summed E-state index contributed by atoms with van der Waals surface area (Å²) >= 11 is 3.50. The molecule has 0 saturated heterocycles. The Morgan fingerprint density at radius 2 is 2.19 bits per heavy atom. The van der Waals surface area contributed by atoms with E-state index in [0.29, 0.717) is 12.4 Å². The monoisotopic (exact) mass is 281 g/mol. The predicted molar refractivity (Wildman–Crippen MR) is 67.2 cm³/mol. The summed E-state index contributed by atoms with van der Waals surface area (Å²) < 4.78 is 6.11. The average molecular weight is 282 g/mol. The van der Waals surface area contributed by atoms with Gasteiger partial charge in [-0.05, 0) is 28.1 Å². The van der Waals surface area contributed by atoms with E-state index in [4.69, 9.17) is 10.3 Å². The first-order chi connectivity index (χ1) is 7.66. The molecule has 0 aliphatic rings. The Balaban J connectivity index is 2.14. The third kappa shape index (κ3) is 2.36. The van der Waals surface area contributed by atoms with Crippen LogP contribution in [0.2, 0.25) is 0 Å². The molecule has 0 radical (unpaired) electrons. The fourth-order valence-corrected chi connectivity index (χ4v) is 2.07. The maximum atomic E-state index is 5.49. The Hall–Kier alpha value is -1.49. The van der Waals surface area contributed by atoms with Gasteiger partial charge < -0.3 is 15.2 Å². The van der Waals surface area contributed by atoms with Crippen molar-refractivity contribution in [2.45, 2.75) is 6.54 Å². The van der Waals surface area contributed by atoms with Crippen LogP contribution in [0.4, 0.5) is 11.5 Å². The number of benzene rings is 1. The maximum Gasteiger partial charge on any atom is 0.167 e. The van der Waals surface area contributed by atoms with Crippen molar-refractivity contribution in [2.24, 2.45) is 0 Å². The van der Waals surface area contributed by atoms with Gasteiger partial charge in [-0.25, -0.2) is 0 Å². The topological polar surface area (TPSA) is 55.3 Å². The number of nitrogens with zero attached hydrogens (tertiary/aromatic N) is 2. The van der Waals surface area contributed by atoms with E-state index in [1.807, 2.05) is 31.3 Å². The van der Waals surface area contributed by atoms with Gasteiger partial charge in [-0.1, -0.05) is 17.3 Å². The molecular formula is C11H12BrN3O. The summed E-state index contributed by atoms with van der Waals surface area (Å²) in [4.78, 5) is 2.06. The lowest BCUT2D eigenvalue weighted by Crippen LogP contribution is -2.16. The van der Waals surface area contributed by atoms with E-state index in [2.05, 4.69) is 26.0 Å². The van der Waals surface area contributed by atoms with Crippen LogP contribution in [0.1, 0.15) is 5.76 Å². The highest BCUT2D eigenvalue weighted by molar-refractivity contribution is 9.10. The quantitative estimate of drug-likeness (QED) is 0.940. The summed E-state index contributed by atoms with van der Waals surface area (Å²) in [7, 11) is 1.98. The van der Waals surface area contributed by atoms with Crippen LogP contribution >= 0.6 is 15.9 Å². The third-order valence-electron chi connectivity index (χ3n) is 2.23. The predicted octanol–water partition coefficient (Wildman–Crippen LogP) is 2.66. The standard InChI is InChI=1S/C11H12BrN3O/c1-15(7-8-6-11(13)14-16-8)10-5-3-2-4-9(10)12/h2-6H,7H2,1H3,(H2,13,14). The first-order valence-electron chi connectivity index (χ1n) is 4.83. The van der Waals surface area contributed by atoms with E-state index in [9.17, 15) is 0 Å². The Morgan fingerprint density at radius 1 is 1.44 bits per heavy atom. The highest BCUT2D eigenvalue weighted by Crippen LogP contribution is 2.25. The average Bonchev–Trinajstić information content (AvgIpc) is 2.64. The summed E-state index contributed by atoms with van der Waals surface area (Å²) in [6, 6.07) is 9.73. The van der Waals surface area contributed by atoms with Crippen molar-refractivity contribution in [3.05, 3.63) is 40.6 Å². The van der Waals surface area contributed by atoms with Crippen LogP contribution < -0.4 is 10.6 Å². The zero-order valence-electron chi connectivity index (χ0n) is 8.85.